The van der Waals surface area contributed by atoms with E-state index in [4.69, 9.17) is 6.57 Å². The van der Waals surface area contributed by atoms with E-state index in [2.05, 4.69) is 38.8 Å². The molecule has 120 valence electrons. The normalized spacial score (nSPS) is 47.5. The van der Waals surface area contributed by atoms with E-state index in [1.807, 2.05) is 0 Å². The third kappa shape index (κ3) is 2.36. The van der Waals surface area contributed by atoms with Crippen molar-refractivity contribution in [3.8, 4) is 0 Å². The minimum atomic E-state index is -0.120. The minimum Gasteiger partial charge on any atom is -0.310 e. The molecule has 7 atom stereocenters. The first-order valence-corrected chi connectivity index (χ1v) is 9.08. The fraction of sp³-hybridized carbons (Fsp3) is 0.762. The first-order valence-electron chi connectivity index (χ1n) is 9.08. The summed E-state index contributed by atoms with van der Waals surface area (Å²) in [7, 11) is 0. The maximum Gasteiger partial charge on any atom is 0.233 e. The summed E-state index contributed by atoms with van der Waals surface area (Å²) in [5.74, 6) is 4.30. The van der Waals surface area contributed by atoms with Crippen LogP contribution in [0.4, 0.5) is 0 Å². The third-order valence-electron chi connectivity index (χ3n) is 7.18. The Hall–Kier alpha value is -1.03. The first-order chi connectivity index (χ1) is 10.4. The molecule has 0 radical (unpaired) electrons. The largest absolute Gasteiger partial charge is 0.310 e. The predicted octanol–water partition coefficient (Wildman–Crippen LogP) is 5.90. The molecule has 0 N–H and O–H groups in total. The van der Waals surface area contributed by atoms with Gasteiger partial charge in [-0.15, -0.1) is 6.58 Å². The first kappa shape index (κ1) is 15.9. The third-order valence-corrected chi connectivity index (χ3v) is 7.18. The average molecular weight is 297 g/mol. The highest BCUT2D eigenvalue weighted by molar-refractivity contribution is 5.21. The fourth-order valence-corrected chi connectivity index (χ4v) is 6.26. The molecule has 0 aromatic carbocycles. The average Bonchev–Trinajstić information content (AvgIpc) is 2.45. The van der Waals surface area contributed by atoms with Gasteiger partial charge in [-0.05, 0) is 68.6 Å². The summed E-state index contributed by atoms with van der Waals surface area (Å²) in [4.78, 5) is 4.13. The summed E-state index contributed by atoms with van der Waals surface area (Å²) in [6.07, 6.45) is 7.19. The Labute approximate surface area is 136 Å². The summed E-state index contributed by atoms with van der Waals surface area (Å²) in [5.41, 5.74) is 2.68. The van der Waals surface area contributed by atoms with E-state index < -0.39 is 0 Å². The highest BCUT2D eigenvalue weighted by Crippen LogP contribution is 2.61. The van der Waals surface area contributed by atoms with Crippen LogP contribution < -0.4 is 0 Å². The molecule has 0 spiro atoms. The predicted molar refractivity (Wildman–Crippen MR) is 93.3 cm³/mol. The second-order valence-corrected chi connectivity index (χ2v) is 8.71. The monoisotopic (exact) mass is 297 g/mol. The highest BCUT2D eigenvalue weighted by Gasteiger charge is 2.59. The summed E-state index contributed by atoms with van der Waals surface area (Å²) in [5, 5.41) is 0. The van der Waals surface area contributed by atoms with Gasteiger partial charge in [0.15, 0.2) is 0 Å². The molecule has 0 saturated heterocycles. The van der Waals surface area contributed by atoms with Gasteiger partial charge in [0.05, 0.1) is 0 Å². The van der Waals surface area contributed by atoms with Crippen LogP contribution in [0, 0.1) is 42.1 Å². The summed E-state index contributed by atoms with van der Waals surface area (Å²) in [6.45, 7) is 23.3. The second-order valence-electron chi connectivity index (χ2n) is 8.71. The van der Waals surface area contributed by atoms with Crippen molar-refractivity contribution in [2.45, 2.75) is 64.8 Å². The van der Waals surface area contributed by atoms with Crippen LogP contribution in [0.15, 0.2) is 24.3 Å². The number of hydrogen-bond donors (Lipinski definition) is 0. The lowest BCUT2D eigenvalue weighted by molar-refractivity contribution is -0.0491. The molecular weight excluding hydrogens is 266 g/mol. The van der Waals surface area contributed by atoms with Crippen molar-refractivity contribution in [2.75, 3.05) is 0 Å². The molecule has 3 aliphatic carbocycles. The molecule has 0 aromatic heterocycles. The minimum absolute atomic E-state index is 0.120. The van der Waals surface area contributed by atoms with Gasteiger partial charge in [0.1, 0.15) is 0 Å². The Morgan fingerprint density at radius 3 is 2.77 bits per heavy atom. The summed E-state index contributed by atoms with van der Waals surface area (Å²) in [6, 6.07) is 0. The van der Waals surface area contributed by atoms with Crippen LogP contribution in [0.1, 0.15) is 59.3 Å². The fourth-order valence-electron chi connectivity index (χ4n) is 6.26. The van der Waals surface area contributed by atoms with Crippen LogP contribution in [0.5, 0.6) is 0 Å². The molecule has 3 saturated carbocycles. The Morgan fingerprint density at radius 2 is 2.14 bits per heavy atom. The van der Waals surface area contributed by atoms with E-state index in [1.54, 1.807) is 0 Å². The molecule has 0 heterocycles. The Bertz CT molecular complexity index is 525. The number of hydrogen-bond acceptors (Lipinski definition) is 0. The lowest BCUT2D eigenvalue weighted by Gasteiger charge is -2.57. The molecular formula is C21H31N. The SMILES string of the molecule is [C-]#[N+][C@]1(C)CC[C@@H]2[C@@H]3[C@H](C(=C)CC[C@H]31)[C@@H](CC(=C)C)C[C@H]2C. The van der Waals surface area contributed by atoms with Crippen molar-refractivity contribution in [1.29, 1.82) is 0 Å². The molecule has 0 unspecified atom stereocenters. The van der Waals surface area contributed by atoms with Gasteiger partial charge >= 0.3 is 0 Å². The second kappa shape index (κ2) is 5.55. The maximum atomic E-state index is 7.78. The maximum absolute atomic E-state index is 7.78. The van der Waals surface area contributed by atoms with Gasteiger partial charge in [0.2, 0.25) is 5.54 Å². The van der Waals surface area contributed by atoms with Crippen molar-refractivity contribution in [3.05, 3.63) is 35.7 Å². The van der Waals surface area contributed by atoms with E-state index >= 15 is 0 Å². The van der Waals surface area contributed by atoms with Crippen molar-refractivity contribution in [2.24, 2.45) is 35.5 Å². The van der Waals surface area contributed by atoms with Gasteiger partial charge in [-0.3, -0.25) is 0 Å². The number of allylic oxidation sites excluding steroid dienone is 2. The Kier molecular flexibility index (Phi) is 4.00. The van der Waals surface area contributed by atoms with E-state index in [1.165, 1.54) is 30.4 Å². The molecule has 1 nitrogen and oxygen atoms in total. The number of rotatable bonds is 2. The standard InChI is InChI=1S/C21H31N/c1-13(2)11-16-12-15(4)17-9-10-21(5,22-6)18-8-7-14(3)19(16)20(17)18/h15-20H,1,3,7-12H2,2,4-5H3/t15-,16+,17+,18-,19-,20+,21-/m1/s1. The van der Waals surface area contributed by atoms with Gasteiger partial charge in [-0.1, -0.05) is 24.6 Å². The van der Waals surface area contributed by atoms with Crippen molar-refractivity contribution in [1.82, 2.24) is 0 Å². The van der Waals surface area contributed by atoms with Crippen LogP contribution in [-0.4, -0.2) is 5.54 Å². The molecule has 22 heavy (non-hydrogen) atoms. The molecule has 1 heteroatoms. The van der Waals surface area contributed by atoms with Crippen LogP contribution in [-0.2, 0) is 0 Å². The lowest BCUT2D eigenvalue weighted by Crippen LogP contribution is -2.55. The van der Waals surface area contributed by atoms with Gasteiger partial charge in [-0.25, -0.2) is 6.57 Å². The zero-order valence-electron chi connectivity index (χ0n) is 14.6. The van der Waals surface area contributed by atoms with Gasteiger partial charge in [0, 0.05) is 19.3 Å². The Balaban J connectivity index is 1.98. The van der Waals surface area contributed by atoms with Gasteiger partial charge < -0.3 is 4.85 Å². The molecule has 3 fully saturated rings. The van der Waals surface area contributed by atoms with Crippen LogP contribution in [0.3, 0.4) is 0 Å². The lowest BCUT2D eigenvalue weighted by atomic mass is 9.46. The van der Waals surface area contributed by atoms with E-state index in [0.29, 0.717) is 17.8 Å². The van der Waals surface area contributed by atoms with E-state index in [9.17, 15) is 0 Å². The molecule has 3 rings (SSSR count). The zero-order valence-corrected chi connectivity index (χ0v) is 14.6. The van der Waals surface area contributed by atoms with Crippen molar-refractivity contribution < 1.29 is 0 Å². The van der Waals surface area contributed by atoms with Crippen LogP contribution >= 0.6 is 0 Å². The summed E-state index contributed by atoms with van der Waals surface area (Å²) < 4.78 is 0. The smallest absolute Gasteiger partial charge is 0.233 e. The molecule has 0 amide bonds. The van der Waals surface area contributed by atoms with E-state index in [-0.39, 0.29) is 5.54 Å². The molecule has 0 aromatic rings. The molecule has 0 bridgehead atoms. The molecule has 3 aliphatic rings. The zero-order chi connectivity index (χ0) is 16.1. The van der Waals surface area contributed by atoms with Crippen LogP contribution in [0.2, 0.25) is 0 Å². The van der Waals surface area contributed by atoms with Crippen molar-refractivity contribution >= 4 is 0 Å². The Morgan fingerprint density at radius 1 is 1.41 bits per heavy atom. The summed E-state index contributed by atoms with van der Waals surface area (Å²) >= 11 is 0. The van der Waals surface area contributed by atoms with Gasteiger partial charge in [-0.2, -0.15) is 0 Å². The highest BCUT2D eigenvalue weighted by atomic mass is 14.8. The van der Waals surface area contributed by atoms with E-state index in [0.717, 1.165) is 37.0 Å². The van der Waals surface area contributed by atoms with Gasteiger partial charge in [0.25, 0.3) is 0 Å². The number of nitrogens with zero attached hydrogens (tertiary/aromatic N) is 1. The quantitative estimate of drug-likeness (QED) is 0.442. The molecule has 0 aliphatic heterocycles. The van der Waals surface area contributed by atoms with Crippen molar-refractivity contribution in [3.63, 3.8) is 0 Å². The van der Waals surface area contributed by atoms with Crippen LogP contribution in [0.25, 0.3) is 4.85 Å². The topological polar surface area (TPSA) is 4.36 Å².